The van der Waals surface area contributed by atoms with Crippen LogP contribution in [0.25, 0.3) is 0 Å². The van der Waals surface area contributed by atoms with Crippen molar-refractivity contribution in [3.8, 4) is 5.75 Å². The van der Waals surface area contributed by atoms with Crippen molar-refractivity contribution in [1.82, 2.24) is 9.80 Å². The second-order valence-electron chi connectivity index (χ2n) is 5.19. The molecular weight excluding hydrogens is 238 g/mol. The summed E-state index contributed by atoms with van der Waals surface area (Å²) in [6.07, 6.45) is 1.20. The molecule has 4 heteroatoms. The van der Waals surface area contributed by atoms with Crippen molar-refractivity contribution in [1.29, 1.82) is 0 Å². The van der Waals surface area contributed by atoms with Crippen LogP contribution in [0.3, 0.4) is 0 Å². The molecule has 1 aliphatic rings. The van der Waals surface area contributed by atoms with Gasteiger partial charge in [0.15, 0.2) is 0 Å². The second-order valence-corrected chi connectivity index (χ2v) is 5.19. The summed E-state index contributed by atoms with van der Waals surface area (Å²) < 4.78 is 5.48. The van der Waals surface area contributed by atoms with Gasteiger partial charge in [0.05, 0.1) is 13.2 Å². The molecule has 1 atom stereocenters. The predicted octanol–water partition coefficient (Wildman–Crippen LogP) is 1.33. The van der Waals surface area contributed by atoms with Gasteiger partial charge in [0.1, 0.15) is 5.75 Å². The Hall–Kier alpha value is -1.10. The molecule has 1 fully saturated rings. The van der Waals surface area contributed by atoms with Gasteiger partial charge in [-0.1, -0.05) is 18.2 Å². The summed E-state index contributed by atoms with van der Waals surface area (Å²) >= 11 is 0. The summed E-state index contributed by atoms with van der Waals surface area (Å²) in [5, 5.41) is 0. The number of hydrogen-bond donors (Lipinski definition) is 1. The summed E-state index contributed by atoms with van der Waals surface area (Å²) in [6, 6.07) is 8.46. The van der Waals surface area contributed by atoms with Gasteiger partial charge < -0.3 is 15.4 Å². The number of benzene rings is 1. The molecule has 0 aliphatic carbocycles. The Bertz CT molecular complexity index is 397. The maximum absolute atomic E-state index is 6.03. The molecule has 4 nitrogen and oxygen atoms in total. The lowest BCUT2D eigenvalue weighted by molar-refractivity contribution is 0.204. The minimum atomic E-state index is 0.252. The van der Waals surface area contributed by atoms with Gasteiger partial charge >= 0.3 is 0 Å². The monoisotopic (exact) mass is 263 g/mol. The highest BCUT2D eigenvalue weighted by Gasteiger charge is 2.23. The van der Waals surface area contributed by atoms with Crippen molar-refractivity contribution in [3.05, 3.63) is 29.8 Å². The lowest BCUT2D eigenvalue weighted by Gasteiger charge is -2.30. The van der Waals surface area contributed by atoms with Crippen LogP contribution in [0, 0.1) is 0 Å². The van der Waals surface area contributed by atoms with E-state index in [1.807, 2.05) is 12.1 Å². The molecular formula is C15H25N3O. The fourth-order valence-electron chi connectivity index (χ4n) is 2.79. The van der Waals surface area contributed by atoms with Crippen molar-refractivity contribution in [2.24, 2.45) is 5.73 Å². The van der Waals surface area contributed by atoms with Crippen LogP contribution in [0.2, 0.25) is 0 Å². The van der Waals surface area contributed by atoms with Crippen molar-refractivity contribution in [2.45, 2.75) is 12.5 Å². The summed E-state index contributed by atoms with van der Waals surface area (Å²) in [7, 11) is 3.91. The zero-order valence-corrected chi connectivity index (χ0v) is 12.0. The van der Waals surface area contributed by atoms with E-state index >= 15 is 0 Å². The van der Waals surface area contributed by atoms with Crippen LogP contribution in [0.1, 0.15) is 18.0 Å². The van der Waals surface area contributed by atoms with E-state index < -0.39 is 0 Å². The first-order chi connectivity index (χ1) is 9.26. The number of ether oxygens (including phenoxy) is 1. The number of rotatable bonds is 4. The van der Waals surface area contributed by atoms with Crippen LogP contribution >= 0.6 is 0 Å². The van der Waals surface area contributed by atoms with Gasteiger partial charge in [-0.2, -0.15) is 0 Å². The Kier molecular flexibility index (Phi) is 5.19. The third kappa shape index (κ3) is 3.47. The SMILES string of the molecule is COc1ccccc1C(CN)N1CCCN(C)CC1. The molecule has 2 N–H and O–H groups in total. The average molecular weight is 263 g/mol. The van der Waals surface area contributed by atoms with E-state index in [0.717, 1.165) is 25.4 Å². The molecule has 1 aliphatic heterocycles. The third-order valence-electron chi connectivity index (χ3n) is 3.92. The standard InChI is InChI=1S/C15H25N3O/c1-17-8-5-9-18(11-10-17)14(12-16)13-6-3-4-7-15(13)19-2/h3-4,6-7,14H,5,8-12,16H2,1-2H3. The largest absolute Gasteiger partial charge is 0.496 e. The van der Waals surface area contributed by atoms with Gasteiger partial charge in [-0.15, -0.1) is 0 Å². The van der Waals surface area contributed by atoms with Gasteiger partial charge in [0, 0.05) is 31.7 Å². The summed E-state index contributed by atoms with van der Waals surface area (Å²) in [5.74, 6) is 0.940. The molecule has 2 rings (SSSR count). The van der Waals surface area contributed by atoms with E-state index in [-0.39, 0.29) is 6.04 Å². The van der Waals surface area contributed by atoms with Crippen molar-refractivity contribution >= 4 is 0 Å². The molecule has 0 saturated carbocycles. The van der Waals surface area contributed by atoms with Gasteiger partial charge in [-0.05, 0) is 26.1 Å². The summed E-state index contributed by atoms with van der Waals surface area (Å²) in [4.78, 5) is 4.87. The summed E-state index contributed by atoms with van der Waals surface area (Å²) in [6.45, 7) is 5.07. The molecule has 0 aromatic heterocycles. The Morgan fingerprint density at radius 2 is 2.00 bits per heavy atom. The Labute approximate surface area is 116 Å². The molecule has 1 unspecified atom stereocenters. The highest BCUT2D eigenvalue weighted by molar-refractivity contribution is 5.36. The van der Waals surface area contributed by atoms with Gasteiger partial charge in [-0.25, -0.2) is 0 Å². The van der Waals surface area contributed by atoms with E-state index in [2.05, 4.69) is 29.0 Å². The van der Waals surface area contributed by atoms with Gasteiger partial charge in [-0.3, -0.25) is 4.90 Å². The first kappa shape index (κ1) is 14.3. The van der Waals surface area contributed by atoms with Gasteiger partial charge in [0.2, 0.25) is 0 Å². The minimum absolute atomic E-state index is 0.252. The van der Waals surface area contributed by atoms with Crippen LogP contribution in [0.5, 0.6) is 5.75 Å². The Morgan fingerprint density at radius 1 is 1.21 bits per heavy atom. The molecule has 106 valence electrons. The van der Waals surface area contributed by atoms with Crippen molar-refractivity contribution in [2.75, 3.05) is 46.9 Å². The molecule has 0 radical (unpaired) electrons. The van der Waals surface area contributed by atoms with E-state index in [9.17, 15) is 0 Å². The zero-order valence-electron chi connectivity index (χ0n) is 12.0. The molecule has 1 aromatic rings. The number of methoxy groups -OCH3 is 1. The zero-order chi connectivity index (χ0) is 13.7. The third-order valence-corrected chi connectivity index (χ3v) is 3.92. The first-order valence-electron chi connectivity index (χ1n) is 7.02. The molecule has 1 saturated heterocycles. The molecule has 1 heterocycles. The Balaban J connectivity index is 2.18. The quantitative estimate of drug-likeness (QED) is 0.890. The smallest absolute Gasteiger partial charge is 0.123 e. The van der Waals surface area contributed by atoms with Crippen molar-refractivity contribution in [3.63, 3.8) is 0 Å². The van der Waals surface area contributed by atoms with Crippen LogP contribution in [-0.4, -0.2) is 56.7 Å². The average Bonchev–Trinajstić information content (AvgIpc) is 2.66. The van der Waals surface area contributed by atoms with E-state index in [0.29, 0.717) is 6.54 Å². The van der Waals surface area contributed by atoms with Crippen LogP contribution < -0.4 is 10.5 Å². The van der Waals surface area contributed by atoms with Crippen molar-refractivity contribution < 1.29 is 4.74 Å². The lowest BCUT2D eigenvalue weighted by atomic mass is 10.0. The number of nitrogens with two attached hydrogens (primary N) is 1. The van der Waals surface area contributed by atoms with E-state index in [4.69, 9.17) is 10.5 Å². The topological polar surface area (TPSA) is 41.7 Å². The molecule has 0 spiro atoms. The normalized spacial score (nSPS) is 19.9. The highest BCUT2D eigenvalue weighted by atomic mass is 16.5. The fraction of sp³-hybridized carbons (Fsp3) is 0.600. The highest BCUT2D eigenvalue weighted by Crippen LogP contribution is 2.29. The minimum Gasteiger partial charge on any atom is -0.496 e. The Morgan fingerprint density at radius 3 is 2.74 bits per heavy atom. The molecule has 19 heavy (non-hydrogen) atoms. The number of likely N-dealkylation sites (N-methyl/N-ethyl adjacent to an activating group) is 1. The maximum atomic E-state index is 6.03. The second kappa shape index (κ2) is 6.89. The predicted molar refractivity (Wildman–Crippen MR) is 78.5 cm³/mol. The number of hydrogen-bond acceptors (Lipinski definition) is 4. The number of nitrogens with zero attached hydrogens (tertiary/aromatic N) is 2. The molecule has 0 amide bonds. The van der Waals surface area contributed by atoms with Gasteiger partial charge in [0.25, 0.3) is 0 Å². The van der Waals surface area contributed by atoms with E-state index in [1.165, 1.54) is 18.5 Å². The van der Waals surface area contributed by atoms with E-state index in [1.54, 1.807) is 7.11 Å². The fourth-order valence-corrected chi connectivity index (χ4v) is 2.79. The lowest BCUT2D eigenvalue weighted by Crippen LogP contribution is -2.36. The molecule has 0 bridgehead atoms. The van der Waals surface area contributed by atoms with Crippen LogP contribution in [0.4, 0.5) is 0 Å². The maximum Gasteiger partial charge on any atom is 0.123 e. The molecule has 1 aromatic carbocycles. The summed E-state index contributed by atoms with van der Waals surface area (Å²) in [5.41, 5.74) is 7.24. The van der Waals surface area contributed by atoms with Crippen LogP contribution in [-0.2, 0) is 0 Å². The number of para-hydroxylation sites is 1. The van der Waals surface area contributed by atoms with Crippen LogP contribution in [0.15, 0.2) is 24.3 Å². The first-order valence-corrected chi connectivity index (χ1v) is 7.02.